The Morgan fingerprint density at radius 3 is 2.32 bits per heavy atom. The van der Waals surface area contributed by atoms with Crippen molar-refractivity contribution in [1.82, 2.24) is 15.3 Å². The minimum atomic E-state index is -0.785. The van der Waals surface area contributed by atoms with Gasteiger partial charge < -0.3 is 20.3 Å². The highest BCUT2D eigenvalue weighted by molar-refractivity contribution is 5.99. The molecule has 7 nitrogen and oxygen atoms in total. The number of carbonyl (C=O) groups excluding carboxylic acids is 1. The van der Waals surface area contributed by atoms with E-state index in [4.69, 9.17) is 14.9 Å². The van der Waals surface area contributed by atoms with Gasteiger partial charge in [-0.15, -0.1) is 0 Å². The first-order valence-corrected chi connectivity index (χ1v) is 9.59. The number of nitrogens with one attached hydrogen (secondary N) is 1. The molecule has 3 N–H and O–H groups in total. The molecule has 0 radical (unpaired) electrons. The quantitative estimate of drug-likeness (QED) is 0.533. The van der Waals surface area contributed by atoms with E-state index in [0.717, 1.165) is 17.7 Å². The molecule has 1 amide bonds. The van der Waals surface area contributed by atoms with Crippen molar-refractivity contribution in [2.24, 2.45) is 0 Å². The maximum atomic E-state index is 14.3. The lowest BCUT2D eigenvalue weighted by Gasteiger charge is -2.14. The van der Waals surface area contributed by atoms with Crippen LogP contribution in [0.5, 0.6) is 5.75 Å². The standard InChI is InChI=1S/C22H19F2N3O4/c23-15-2-1-3-16(24)19(15)21-26-17(20-18(27-21)9-25-22(20)30)8-12-4-6-13(7-5-12)31-14(10-28)11-29/h1-7,14,28-29H,8-11H2,(H,25,30). The van der Waals surface area contributed by atoms with Crippen molar-refractivity contribution < 1.29 is 28.5 Å². The van der Waals surface area contributed by atoms with Crippen LogP contribution in [0.3, 0.4) is 0 Å². The Kier molecular flexibility index (Phi) is 5.88. The Balaban J connectivity index is 1.68. The highest BCUT2D eigenvalue weighted by atomic mass is 19.1. The molecule has 0 saturated carbocycles. The molecule has 0 spiro atoms. The molecule has 2 aromatic carbocycles. The summed E-state index contributed by atoms with van der Waals surface area (Å²) in [6.45, 7) is -0.491. The molecule has 2 heterocycles. The summed E-state index contributed by atoms with van der Waals surface area (Å²) in [6.07, 6.45) is -0.497. The SMILES string of the molecule is O=C1NCc2nc(-c3c(F)cccc3F)nc(Cc3ccc(OC(CO)CO)cc3)c21. The first-order valence-electron chi connectivity index (χ1n) is 9.59. The highest BCUT2D eigenvalue weighted by Crippen LogP contribution is 2.28. The van der Waals surface area contributed by atoms with Crippen molar-refractivity contribution in [3.63, 3.8) is 0 Å². The van der Waals surface area contributed by atoms with Crippen molar-refractivity contribution in [2.75, 3.05) is 13.2 Å². The number of rotatable bonds is 7. The predicted octanol–water partition coefficient (Wildman–Crippen LogP) is 1.99. The van der Waals surface area contributed by atoms with Gasteiger partial charge in [0.05, 0.1) is 42.3 Å². The van der Waals surface area contributed by atoms with E-state index >= 15 is 0 Å². The summed E-state index contributed by atoms with van der Waals surface area (Å²) in [4.78, 5) is 20.8. The van der Waals surface area contributed by atoms with E-state index in [9.17, 15) is 13.6 Å². The smallest absolute Gasteiger partial charge is 0.255 e. The second kappa shape index (κ2) is 8.75. The third-order valence-electron chi connectivity index (χ3n) is 4.89. The lowest BCUT2D eigenvalue weighted by molar-refractivity contribution is 0.0629. The molecule has 0 saturated heterocycles. The van der Waals surface area contributed by atoms with Crippen LogP contribution in [0.2, 0.25) is 0 Å². The van der Waals surface area contributed by atoms with E-state index in [1.807, 2.05) is 0 Å². The number of halogens is 2. The number of aromatic nitrogens is 2. The Morgan fingerprint density at radius 1 is 1.00 bits per heavy atom. The summed E-state index contributed by atoms with van der Waals surface area (Å²) in [5.74, 6) is -1.57. The fourth-order valence-corrected chi connectivity index (χ4v) is 3.36. The summed E-state index contributed by atoms with van der Waals surface area (Å²) in [7, 11) is 0. The molecule has 1 aromatic heterocycles. The maximum Gasteiger partial charge on any atom is 0.255 e. The van der Waals surface area contributed by atoms with E-state index in [0.29, 0.717) is 22.7 Å². The second-order valence-corrected chi connectivity index (χ2v) is 7.02. The summed E-state index contributed by atoms with van der Waals surface area (Å²) in [6, 6.07) is 10.3. The van der Waals surface area contributed by atoms with E-state index in [2.05, 4.69) is 15.3 Å². The second-order valence-electron chi connectivity index (χ2n) is 7.02. The molecule has 1 aliphatic rings. The monoisotopic (exact) mass is 427 g/mol. The number of aliphatic hydroxyl groups is 2. The Labute approximate surface area is 176 Å². The molecule has 1 aliphatic heterocycles. The topological polar surface area (TPSA) is 105 Å². The average Bonchev–Trinajstić information content (AvgIpc) is 3.14. The number of hydrogen-bond acceptors (Lipinski definition) is 6. The zero-order valence-corrected chi connectivity index (χ0v) is 16.3. The van der Waals surface area contributed by atoms with Crippen LogP contribution in [-0.4, -0.2) is 45.4 Å². The molecule has 4 rings (SSSR count). The van der Waals surface area contributed by atoms with Gasteiger partial charge in [0.1, 0.15) is 23.5 Å². The van der Waals surface area contributed by atoms with Gasteiger partial charge in [0.2, 0.25) is 0 Å². The van der Waals surface area contributed by atoms with E-state index in [-0.39, 0.29) is 43.5 Å². The van der Waals surface area contributed by atoms with Gasteiger partial charge in [-0.3, -0.25) is 4.79 Å². The van der Waals surface area contributed by atoms with Crippen LogP contribution in [0.15, 0.2) is 42.5 Å². The number of nitrogens with zero attached hydrogens (tertiary/aromatic N) is 2. The third kappa shape index (κ3) is 4.23. The molecular weight excluding hydrogens is 408 g/mol. The summed E-state index contributed by atoms with van der Waals surface area (Å²) < 4.78 is 34.0. The summed E-state index contributed by atoms with van der Waals surface area (Å²) in [5, 5.41) is 20.9. The Bertz CT molecular complexity index is 1100. The van der Waals surface area contributed by atoms with Crippen molar-refractivity contribution in [3.8, 4) is 17.1 Å². The van der Waals surface area contributed by atoms with Gasteiger partial charge in [-0.2, -0.15) is 0 Å². The van der Waals surface area contributed by atoms with Crippen LogP contribution >= 0.6 is 0 Å². The van der Waals surface area contributed by atoms with Gasteiger partial charge in [-0.25, -0.2) is 18.7 Å². The van der Waals surface area contributed by atoms with Crippen LogP contribution in [0.4, 0.5) is 8.78 Å². The molecule has 3 aromatic rings. The summed E-state index contributed by atoms with van der Waals surface area (Å²) in [5.41, 5.74) is 1.49. The summed E-state index contributed by atoms with van der Waals surface area (Å²) >= 11 is 0. The number of fused-ring (bicyclic) bond motifs is 1. The number of carbonyl (C=O) groups is 1. The fraction of sp³-hybridized carbons (Fsp3) is 0.227. The van der Waals surface area contributed by atoms with Gasteiger partial charge in [0.25, 0.3) is 5.91 Å². The average molecular weight is 427 g/mol. The van der Waals surface area contributed by atoms with Gasteiger partial charge >= 0.3 is 0 Å². The molecule has 9 heteroatoms. The highest BCUT2D eigenvalue weighted by Gasteiger charge is 2.28. The van der Waals surface area contributed by atoms with E-state index < -0.39 is 17.7 Å². The van der Waals surface area contributed by atoms with Crippen LogP contribution in [0, 0.1) is 11.6 Å². The molecule has 0 bridgehead atoms. The number of benzene rings is 2. The minimum Gasteiger partial charge on any atom is -0.486 e. The lowest BCUT2D eigenvalue weighted by atomic mass is 10.0. The molecule has 31 heavy (non-hydrogen) atoms. The Hall–Kier alpha value is -3.43. The predicted molar refractivity (Wildman–Crippen MR) is 106 cm³/mol. The van der Waals surface area contributed by atoms with Crippen LogP contribution < -0.4 is 10.1 Å². The zero-order valence-electron chi connectivity index (χ0n) is 16.3. The number of ether oxygens (including phenoxy) is 1. The molecule has 0 unspecified atom stereocenters. The first-order chi connectivity index (χ1) is 15.0. The van der Waals surface area contributed by atoms with Gasteiger partial charge in [-0.1, -0.05) is 18.2 Å². The first kappa shape index (κ1) is 20.8. The molecule has 160 valence electrons. The third-order valence-corrected chi connectivity index (χ3v) is 4.89. The van der Waals surface area contributed by atoms with Crippen molar-refractivity contribution in [1.29, 1.82) is 0 Å². The molecule has 0 aliphatic carbocycles. The molecular formula is C22H19F2N3O4. The number of hydrogen-bond donors (Lipinski definition) is 3. The van der Waals surface area contributed by atoms with Gasteiger partial charge in [-0.05, 0) is 29.8 Å². The number of aliphatic hydroxyl groups excluding tert-OH is 2. The van der Waals surface area contributed by atoms with Gasteiger partial charge in [0, 0.05) is 6.42 Å². The van der Waals surface area contributed by atoms with Gasteiger partial charge in [0.15, 0.2) is 5.82 Å². The van der Waals surface area contributed by atoms with Crippen molar-refractivity contribution in [3.05, 3.63) is 76.6 Å². The normalized spacial score (nSPS) is 12.7. The fourth-order valence-electron chi connectivity index (χ4n) is 3.36. The molecule has 0 fully saturated rings. The molecule has 0 atom stereocenters. The largest absolute Gasteiger partial charge is 0.486 e. The van der Waals surface area contributed by atoms with E-state index in [1.165, 1.54) is 6.07 Å². The van der Waals surface area contributed by atoms with E-state index in [1.54, 1.807) is 24.3 Å². The van der Waals surface area contributed by atoms with Crippen LogP contribution in [0.25, 0.3) is 11.4 Å². The van der Waals surface area contributed by atoms with Crippen molar-refractivity contribution in [2.45, 2.75) is 19.1 Å². The lowest BCUT2D eigenvalue weighted by Crippen LogP contribution is -2.25. The zero-order chi connectivity index (χ0) is 22.0. The van der Waals surface area contributed by atoms with Crippen LogP contribution in [-0.2, 0) is 13.0 Å². The Morgan fingerprint density at radius 2 is 1.68 bits per heavy atom. The maximum absolute atomic E-state index is 14.3. The van der Waals surface area contributed by atoms with Crippen molar-refractivity contribution >= 4 is 5.91 Å². The minimum absolute atomic E-state index is 0.116. The number of amides is 1. The van der Waals surface area contributed by atoms with Crippen LogP contribution in [0.1, 0.15) is 27.3 Å².